The van der Waals surface area contributed by atoms with E-state index in [4.69, 9.17) is 0 Å². The maximum atomic E-state index is 13.9. The molecule has 5 atom stereocenters. The number of rotatable bonds is 2. The Kier molecular flexibility index (Phi) is 6.00. The number of nitrogens with one attached hydrogen (secondary N) is 1. The van der Waals surface area contributed by atoms with Crippen molar-refractivity contribution in [1.29, 1.82) is 0 Å². The molecular formula is C23H29FN2O2S. The predicted octanol–water partition coefficient (Wildman–Crippen LogP) is 4.07. The Hall–Kier alpha value is -1.82. The maximum Gasteiger partial charge on any atom is 0.257 e. The van der Waals surface area contributed by atoms with Gasteiger partial charge in [0.2, 0.25) is 5.91 Å². The number of amides is 2. The minimum atomic E-state index is -0.324. The first-order valence-corrected chi connectivity index (χ1v) is 11.5. The van der Waals surface area contributed by atoms with Gasteiger partial charge in [0.15, 0.2) is 0 Å². The summed E-state index contributed by atoms with van der Waals surface area (Å²) in [5.74, 6) is 0.869. The number of hydrogen-bond donors (Lipinski definition) is 1. The van der Waals surface area contributed by atoms with E-state index in [2.05, 4.69) is 19.2 Å². The maximum absolute atomic E-state index is 13.9. The number of nitrogens with zero attached hydrogens (tertiary/aromatic N) is 1. The average molecular weight is 417 g/mol. The van der Waals surface area contributed by atoms with Gasteiger partial charge in [-0.2, -0.15) is 0 Å². The third kappa shape index (κ3) is 4.52. The summed E-state index contributed by atoms with van der Waals surface area (Å²) in [5, 5.41) is 3.34. The molecule has 0 radical (unpaired) electrons. The van der Waals surface area contributed by atoms with E-state index >= 15 is 0 Å². The second-order valence-electron chi connectivity index (χ2n) is 8.97. The van der Waals surface area contributed by atoms with Gasteiger partial charge in [-0.15, -0.1) is 11.8 Å². The lowest BCUT2D eigenvalue weighted by atomic mass is 9.83. The summed E-state index contributed by atoms with van der Waals surface area (Å²) in [6, 6.07) is 6.50. The monoisotopic (exact) mass is 416 g/mol. The molecule has 0 aromatic heterocycles. The molecule has 4 rings (SSSR count). The molecule has 156 valence electrons. The minimum Gasteiger partial charge on any atom is -0.348 e. The summed E-state index contributed by atoms with van der Waals surface area (Å²) in [6.07, 6.45) is 5.27. The molecule has 1 aliphatic carbocycles. The lowest BCUT2D eigenvalue weighted by Crippen LogP contribution is -2.53. The van der Waals surface area contributed by atoms with Gasteiger partial charge in [0.1, 0.15) is 5.82 Å². The number of fused-ring (bicyclic) bond motifs is 1. The van der Waals surface area contributed by atoms with Crippen molar-refractivity contribution in [3.63, 3.8) is 0 Å². The van der Waals surface area contributed by atoms with Crippen molar-refractivity contribution in [2.45, 2.75) is 50.8 Å². The molecule has 5 unspecified atom stereocenters. The number of hydrogen-bond acceptors (Lipinski definition) is 3. The fourth-order valence-corrected chi connectivity index (χ4v) is 6.33. The van der Waals surface area contributed by atoms with Crippen molar-refractivity contribution in [2.75, 3.05) is 13.1 Å². The summed E-state index contributed by atoms with van der Waals surface area (Å²) in [7, 11) is 0. The van der Waals surface area contributed by atoms with Crippen molar-refractivity contribution < 1.29 is 14.0 Å². The Bertz CT molecular complexity index is 817. The topological polar surface area (TPSA) is 49.4 Å². The average Bonchev–Trinajstić information content (AvgIpc) is 2.68. The summed E-state index contributed by atoms with van der Waals surface area (Å²) in [4.78, 5) is 28.3. The highest BCUT2D eigenvalue weighted by molar-refractivity contribution is 8.04. The lowest BCUT2D eigenvalue weighted by molar-refractivity contribution is -0.139. The second-order valence-corrected chi connectivity index (χ2v) is 10.2. The van der Waals surface area contributed by atoms with Crippen LogP contribution in [0, 0.1) is 23.6 Å². The van der Waals surface area contributed by atoms with Crippen LogP contribution in [0.15, 0.2) is 29.2 Å². The van der Waals surface area contributed by atoms with E-state index in [1.54, 1.807) is 24.3 Å². The molecule has 2 saturated heterocycles. The van der Waals surface area contributed by atoms with Crippen molar-refractivity contribution in [1.82, 2.24) is 10.2 Å². The van der Waals surface area contributed by atoms with Gasteiger partial charge >= 0.3 is 0 Å². The Morgan fingerprint density at radius 1 is 1.17 bits per heavy atom. The van der Waals surface area contributed by atoms with Crippen LogP contribution in [0.3, 0.4) is 0 Å². The van der Waals surface area contributed by atoms with Crippen LogP contribution in [-0.2, 0) is 9.59 Å². The SMILES string of the molecule is CC1CC(C)CN(C(=O)C2CCC3S/C(=C/c4ccccc4F)C(=O)NC3C2)C1. The van der Waals surface area contributed by atoms with Gasteiger partial charge in [-0.05, 0) is 49.7 Å². The normalized spacial score (nSPS) is 33.9. The fraction of sp³-hybridized carbons (Fsp3) is 0.565. The molecule has 4 nitrogen and oxygen atoms in total. The van der Waals surface area contributed by atoms with Gasteiger partial charge < -0.3 is 10.2 Å². The van der Waals surface area contributed by atoms with Gasteiger partial charge in [0.25, 0.3) is 5.91 Å². The molecule has 3 fully saturated rings. The standard InChI is InChI=1S/C23H29FN2O2S/c1-14-9-15(2)13-26(12-14)23(28)17-7-8-20-19(10-17)25-22(27)21(29-20)11-16-5-3-4-6-18(16)24/h3-6,11,14-15,17,19-20H,7-10,12-13H2,1-2H3,(H,25,27)/b21-11+. The molecule has 3 aliphatic rings. The second kappa shape index (κ2) is 8.50. The van der Waals surface area contributed by atoms with Crippen molar-refractivity contribution in [3.05, 3.63) is 40.6 Å². The number of carbonyl (C=O) groups is 2. The smallest absolute Gasteiger partial charge is 0.257 e. The zero-order valence-electron chi connectivity index (χ0n) is 17.1. The molecule has 1 aromatic rings. The Labute approximate surface area is 176 Å². The highest BCUT2D eigenvalue weighted by Gasteiger charge is 2.41. The van der Waals surface area contributed by atoms with Crippen LogP contribution >= 0.6 is 11.8 Å². The zero-order valence-corrected chi connectivity index (χ0v) is 17.9. The van der Waals surface area contributed by atoms with Gasteiger partial charge in [0, 0.05) is 35.9 Å². The summed E-state index contributed by atoms with van der Waals surface area (Å²) < 4.78 is 13.9. The van der Waals surface area contributed by atoms with Crippen LogP contribution < -0.4 is 5.32 Å². The van der Waals surface area contributed by atoms with E-state index in [-0.39, 0.29) is 34.8 Å². The van der Waals surface area contributed by atoms with E-state index < -0.39 is 0 Å². The van der Waals surface area contributed by atoms with Crippen LogP contribution in [0.1, 0.15) is 45.1 Å². The molecule has 29 heavy (non-hydrogen) atoms. The molecule has 1 saturated carbocycles. The van der Waals surface area contributed by atoms with E-state index in [0.717, 1.165) is 25.9 Å². The molecule has 2 aliphatic heterocycles. The molecular weight excluding hydrogens is 387 g/mol. The highest BCUT2D eigenvalue weighted by Crippen LogP contribution is 2.40. The van der Waals surface area contributed by atoms with Crippen LogP contribution in [0.2, 0.25) is 0 Å². The fourth-order valence-electron chi connectivity index (χ4n) is 5.05. The third-order valence-corrected chi connectivity index (χ3v) is 7.75. The molecule has 1 aromatic carbocycles. The van der Waals surface area contributed by atoms with E-state index in [1.807, 2.05) is 4.90 Å². The van der Waals surface area contributed by atoms with Gasteiger partial charge in [0.05, 0.1) is 4.91 Å². The number of likely N-dealkylation sites (tertiary alicyclic amines) is 1. The summed E-state index contributed by atoms with van der Waals surface area (Å²) in [6.45, 7) is 6.14. The lowest BCUT2D eigenvalue weighted by Gasteiger charge is -2.42. The first-order valence-electron chi connectivity index (χ1n) is 10.6. The van der Waals surface area contributed by atoms with Crippen LogP contribution in [0.25, 0.3) is 6.08 Å². The molecule has 0 bridgehead atoms. The molecule has 2 heterocycles. The number of benzene rings is 1. The van der Waals surface area contributed by atoms with Gasteiger partial charge in [-0.1, -0.05) is 32.0 Å². The third-order valence-electron chi connectivity index (χ3n) is 6.33. The first-order chi connectivity index (χ1) is 13.9. The number of carbonyl (C=O) groups excluding carboxylic acids is 2. The van der Waals surface area contributed by atoms with Crippen LogP contribution in [-0.4, -0.2) is 41.1 Å². The first kappa shape index (κ1) is 20.5. The van der Waals surface area contributed by atoms with Crippen molar-refractivity contribution >= 4 is 29.7 Å². The largest absolute Gasteiger partial charge is 0.348 e. The molecule has 1 N–H and O–H groups in total. The Morgan fingerprint density at radius 2 is 1.90 bits per heavy atom. The quantitative estimate of drug-likeness (QED) is 0.740. The van der Waals surface area contributed by atoms with Gasteiger partial charge in [-0.3, -0.25) is 9.59 Å². The molecule has 0 spiro atoms. The zero-order chi connectivity index (χ0) is 20.5. The van der Waals surface area contributed by atoms with Gasteiger partial charge in [-0.25, -0.2) is 4.39 Å². The minimum absolute atomic E-state index is 0.00704. The van der Waals surface area contributed by atoms with Crippen molar-refractivity contribution in [3.8, 4) is 0 Å². The molecule has 6 heteroatoms. The number of halogens is 1. The molecule has 2 amide bonds. The van der Waals surface area contributed by atoms with E-state index in [0.29, 0.717) is 28.7 Å². The highest BCUT2D eigenvalue weighted by atomic mass is 32.2. The summed E-state index contributed by atoms with van der Waals surface area (Å²) >= 11 is 1.53. The van der Waals surface area contributed by atoms with Crippen LogP contribution in [0.5, 0.6) is 0 Å². The predicted molar refractivity (Wildman–Crippen MR) is 115 cm³/mol. The van der Waals surface area contributed by atoms with Crippen molar-refractivity contribution in [2.24, 2.45) is 17.8 Å². The number of piperidine rings is 1. The van der Waals surface area contributed by atoms with Crippen LogP contribution in [0.4, 0.5) is 4.39 Å². The Morgan fingerprint density at radius 3 is 2.62 bits per heavy atom. The Balaban J connectivity index is 1.41. The van der Waals surface area contributed by atoms with E-state index in [1.165, 1.54) is 24.2 Å². The summed E-state index contributed by atoms with van der Waals surface area (Å²) in [5.41, 5.74) is 0.431. The number of thioether (sulfide) groups is 1. The van der Waals surface area contributed by atoms with E-state index in [9.17, 15) is 14.0 Å².